The molecule has 0 saturated carbocycles. The molecule has 64 valence electrons. The van der Waals surface area contributed by atoms with Crippen LogP contribution in [0, 0.1) is 6.92 Å². The highest BCUT2D eigenvalue weighted by molar-refractivity contribution is 6.35. The van der Waals surface area contributed by atoms with Gasteiger partial charge < -0.3 is 4.98 Å². The molecule has 2 aromatic rings. The average Bonchev–Trinajstić information content (AvgIpc) is 2.34. The van der Waals surface area contributed by atoms with E-state index in [1.807, 2.05) is 13.1 Å². The van der Waals surface area contributed by atoms with Gasteiger partial charge in [0.15, 0.2) is 0 Å². The molecule has 2 aromatic heterocycles. The summed E-state index contributed by atoms with van der Waals surface area (Å²) in [6.07, 6.45) is 3.60. The van der Waals surface area contributed by atoms with Crippen LogP contribution >= 0.6 is 24.0 Å². The van der Waals surface area contributed by atoms with Crippen molar-refractivity contribution in [2.24, 2.45) is 0 Å². The molecule has 4 heteroatoms. The topological polar surface area (TPSA) is 28.7 Å². The van der Waals surface area contributed by atoms with E-state index in [4.69, 9.17) is 11.6 Å². The van der Waals surface area contributed by atoms with Gasteiger partial charge in [0.2, 0.25) is 0 Å². The second kappa shape index (κ2) is 3.33. The smallest absolute Gasteiger partial charge is 0.138 e. The first-order chi connectivity index (χ1) is 5.29. The molecule has 0 unspecified atom stereocenters. The summed E-state index contributed by atoms with van der Waals surface area (Å²) in [7, 11) is 0. The Balaban J connectivity index is 0.000000720. The van der Waals surface area contributed by atoms with E-state index < -0.39 is 0 Å². The zero-order valence-corrected chi connectivity index (χ0v) is 8.04. The van der Waals surface area contributed by atoms with E-state index >= 15 is 0 Å². The second-order valence-corrected chi connectivity index (χ2v) is 2.90. The Labute approximate surface area is 81.4 Å². The van der Waals surface area contributed by atoms with Gasteiger partial charge in [-0.2, -0.15) is 0 Å². The van der Waals surface area contributed by atoms with Crippen molar-refractivity contribution in [1.29, 1.82) is 0 Å². The van der Waals surface area contributed by atoms with E-state index in [-0.39, 0.29) is 12.4 Å². The van der Waals surface area contributed by atoms with Crippen molar-refractivity contribution in [2.75, 3.05) is 0 Å². The summed E-state index contributed by atoms with van der Waals surface area (Å²) in [5.74, 6) is 0. The molecule has 0 fully saturated rings. The molecule has 0 aliphatic rings. The second-order valence-electron chi connectivity index (χ2n) is 2.49. The SMILES string of the molecule is Cc1c[nH]c2nccc(Cl)c12.Cl. The number of halogens is 2. The van der Waals surface area contributed by atoms with Gasteiger partial charge in [-0.25, -0.2) is 4.98 Å². The molecular formula is C8H8Cl2N2. The first-order valence-electron chi connectivity index (χ1n) is 3.37. The van der Waals surface area contributed by atoms with E-state index in [1.165, 1.54) is 0 Å². The molecule has 0 saturated heterocycles. The van der Waals surface area contributed by atoms with Gasteiger partial charge in [0, 0.05) is 17.8 Å². The summed E-state index contributed by atoms with van der Waals surface area (Å²) in [5.41, 5.74) is 1.99. The standard InChI is InChI=1S/C8H7ClN2.ClH/c1-5-4-11-8-7(5)6(9)2-3-10-8;/h2-4H,1H3,(H,10,11);1H. The minimum Gasteiger partial charge on any atom is -0.346 e. The van der Waals surface area contributed by atoms with Crippen molar-refractivity contribution >= 4 is 35.0 Å². The van der Waals surface area contributed by atoms with Gasteiger partial charge in [-0.3, -0.25) is 0 Å². The van der Waals surface area contributed by atoms with Crippen molar-refractivity contribution < 1.29 is 0 Å². The Morgan fingerprint density at radius 3 is 2.92 bits per heavy atom. The number of aromatic amines is 1. The lowest BCUT2D eigenvalue weighted by Gasteiger charge is -1.92. The van der Waals surface area contributed by atoms with Gasteiger partial charge in [-0.1, -0.05) is 11.6 Å². The van der Waals surface area contributed by atoms with Crippen molar-refractivity contribution in [1.82, 2.24) is 9.97 Å². The normalized spacial score (nSPS) is 9.83. The Morgan fingerprint density at radius 1 is 1.50 bits per heavy atom. The summed E-state index contributed by atoms with van der Waals surface area (Å²) in [6.45, 7) is 2.01. The van der Waals surface area contributed by atoms with Crippen LogP contribution in [-0.2, 0) is 0 Å². The van der Waals surface area contributed by atoms with Crippen LogP contribution < -0.4 is 0 Å². The zero-order chi connectivity index (χ0) is 7.84. The number of nitrogens with zero attached hydrogens (tertiary/aromatic N) is 1. The number of hydrogen-bond donors (Lipinski definition) is 1. The van der Waals surface area contributed by atoms with Crippen LogP contribution in [0.3, 0.4) is 0 Å². The molecule has 0 atom stereocenters. The highest BCUT2D eigenvalue weighted by atomic mass is 35.5. The highest BCUT2D eigenvalue weighted by Gasteiger charge is 2.02. The molecule has 1 N–H and O–H groups in total. The molecule has 0 aromatic carbocycles. The monoisotopic (exact) mass is 202 g/mol. The Bertz CT molecular complexity index is 395. The molecule has 0 aliphatic carbocycles. The fraction of sp³-hybridized carbons (Fsp3) is 0.125. The lowest BCUT2D eigenvalue weighted by molar-refractivity contribution is 1.32. The third-order valence-electron chi connectivity index (χ3n) is 1.72. The van der Waals surface area contributed by atoms with Crippen LogP contribution in [0.25, 0.3) is 11.0 Å². The van der Waals surface area contributed by atoms with E-state index in [0.717, 1.165) is 21.6 Å². The summed E-state index contributed by atoms with van der Waals surface area (Å²) < 4.78 is 0. The van der Waals surface area contributed by atoms with Crippen LogP contribution in [0.2, 0.25) is 5.02 Å². The molecule has 0 aliphatic heterocycles. The van der Waals surface area contributed by atoms with Crippen molar-refractivity contribution in [3.05, 3.63) is 29.0 Å². The number of nitrogens with one attached hydrogen (secondary N) is 1. The molecule has 2 nitrogen and oxygen atoms in total. The number of hydrogen-bond acceptors (Lipinski definition) is 1. The van der Waals surface area contributed by atoms with Crippen molar-refractivity contribution in [2.45, 2.75) is 6.92 Å². The number of pyridine rings is 1. The van der Waals surface area contributed by atoms with Crippen molar-refractivity contribution in [3.8, 4) is 0 Å². The van der Waals surface area contributed by atoms with Gasteiger partial charge in [0.05, 0.1) is 5.02 Å². The summed E-state index contributed by atoms with van der Waals surface area (Å²) in [6, 6.07) is 1.80. The minimum atomic E-state index is 0. The number of aromatic nitrogens is 2. The Kier molecular flexibility index (Phi) is 2.60. The summed E-state index contributed by atoms with van der Waals surface area (Å²) in [5, 5.41) is 1.78. The first kappa shape index (κ1) is 9.36. The van der Waals surface area contributed by atoms with E-state index in [9.17, 15) is 0 Å². The van der Waals surface area contributed by atoms with E-state index in [1.54, 1.807) is 12.3 Å². The van der Waals surface area contributed by atoms with Gasteiger partial charge in [0.25, 0.3) is 0 Å². The maximum Gasteiger partial charge on any atom is 0.138 e. The molecule has 2 rings (SSSR count). The van der Waals surface area contributed by atoms with Crippen LogP contribution in [0.15, 0.2) is 18.5 Å². The van der Waals surface area contributed by atoms with Crippen molar-refractivity contribution in [3.63, 3.8) is 0 Å². The molecule has 0 radical (unpaired) electrons. The van der Waals surface area contributed by atoms with Gasteiger partial charge in [-0.05, 0) is 18.6 Å². The predicted octanol–water partition coefficient (Wildman–Crippen LogP) is 2.95. The Morgan fingerprint density at radius 2 is 2.25 bits per heavy atom. The quantitative estimate of drug-likeness (QED) is 0.700. The van der Waals surface area contributed by atoms with Crippen LogP contribution in [0.1, 0.15) is 5.56 Å². The predicted molar refractivity (Wildman–Crippen MR) is 53.1 cm³/mol. The third kappa shape index (κ3) is 1.28. The lowest BCUT2D eigenvalue weighted by atomic mass is 10.2. The van der Waals surface area contributed by atoms with Gasteiger partial charge in [0.1, 0.15) is 5.65 Å². The highest BCUT2D eigenvalue weighted by Crippen LogP contribution is 2.23. The molecule has 0 bridgehead atoms. The zero-order valence-electron chi connectivity index (χ0n) is 6.47. The Hall–Kier alpha value is -0.730. The number of H-pyrrole nitrogens is 1. The largest absolute Gasteiger partial charge is 0.346 e. The summed E-state index contributed by atoms with van der Waals surface area (Å²) in [4.78, 5) is 7.16. The average molecular weight is 203 g/mol. The fourth-order valence-corrected chi connectivity index (χ4v) is 1.47. The fourth-order valence-electron chi connectivity index (χ4n) is 1.17. The minimum absolute atomic E-state index is 0. The first-order valence-corrected chi connectivity index (χ1v) is 3.75. The number of aryl methyl sites for hydroxylation is 1. The van der Waals surface area contributed by atoms with E-state index in [2.05, 4.69) is 9.97 Å². The molecular weight excluding hydrogens is 195 g/mol. The molecule has 2 heterocycles. The van der Waals surface area contributed by atoms with E-state index in [0.29, 0.717) is 0 Å². The maximum atomic E-state index is 5.94. The van der Waals surface area contributed by atoms with Crippen LogP contribution in [0.4, 0.5) is 0 Å². The number of fused-ring (bicyclic) bond motifs is 1. The molecule has 0 spiro atoms. The van der Waals surface area contributed by atoms with Crippen LogP contribution in [-0.4, -0.2) is 9.97 Å². The molecule has 0 amide bonds. The third-order valence-corrected chi connectivity index (χ3v) is 2.03. The lowest BCUT2D eigenvalue weighted by Crippen LogP contribution is -1.75. The van der Waals surface area contributed by atoms with Gasteiger partial charge in [-0.15, -0.1) is 12.4 Å². The van der Waals surface area contributed by atoms with Crippen LogP contribution in [0.5, 0.6) is 0 Å². The maximum absolute atomic E-state index is 5.94. The number of rotatable bonds is 0. The molecule has 12 heavy (non-hydrogen) atoms. The summed E-state index contributed by atoms with van der Waals surface area (Å²) >= 11 is 5.94. The van der Waals surface area contributed by atoms with Gasteiger partial charge >= 0.3 is 0 Å².